The topological polar surface area (TPSA) is 93.3 Å². The highest BCUT2D eigenvalue weighted by molar-refractivity contribution is 5.65. The molecular weight excluding hydrogens is 349 g/mol. The first-order chi connectivity index (χ1) is 13.1. The van der Waals surface area contributed by atoms with Crippen molar-refractivity contribution in [2.24, 2.45) is 5.92 Å². The number of aromatic nitrogens is 4. The zero-order valence-corrected chi connectivity index (χ0v) is 15.1. The fourth-order valence-corrected chi connectivity index (χ4v) is 4.10. The minimum atomic E-state index is -0.864. The standard InChI is InChI=1S/C18H22FN7O/c1-10-6-25(8-14(10)19)18-23-15(11-4-21-17(20)22-5-11)3-16(24-18)26-7-13-2-12(26)9-27-13/h3-5,10,12-14H,2,6-9H2,1H3,(H2,20,21,22)/t10-,12+,13+,14+/m1/s1. The first-order valence-electron chi connectivity index (χ1n) is 9.31. The molecule has 2 aromatic heterocycles. The van der Waals surface area contributed by atoms with E-state index in [0.717, 1.165) is 31.0 Å². The van der Waals surface area contributed by atoms with E-state index in [9.17, 15) is 4.39 Å². The van der Waals surface area contributed by atoms with Gasteiger partial charge in [0.25, 0.3) is 0 Å². The third-order valence-corrected chi connectivity index (χ3v) is 5.67. The molecule has 4 atom stereocenters. The number of halogens is 1. The molecule has 3 aliphatic rings. The molecule has 0 saturated carbocycles. The first-order valence-corrected chi connectivity index (χ1v) is 9.31. The maximum atomic E-state index is 14.1. The van der Waals surface area contributed by atoms with Crippen molar-refractivity contribution in [3.05, 3.63) is 18.5 Å². The van der Waals surface area contributed by atoms with E-state index >= 15 is 0 Å². The van der Waals surface area contributed by atoms with E-state index in [4.69, 9.17) is 15.5 Å². The molecule has 0 aromatic carbocycles. The molecule has 0 unspecified atom stereocenters. The minimum Gasteiger partial charge on any atom is -0.374 e. The molecule has 27 heavy (non-hydrogen) atoms. The Morgan fingerprint density at radius 2 is 2.00 bits per heavy atom. The summed E-state index contributed by atoms with van der Waals surface area (Å²) in [6, 6.07) is 2.28. The lowest BCUT2D eigenvalue weighted by molar-refractivity contribution is 0.0989. The normalized spacial score (nSPS) is 29.7. The Hall–Kier alpha value is -2.55. The number of rotatable bonds is 3. The molecule has 0 aliphatic carbocycles. The average molecular weight is 371 g/mol. The molecular formula is C18H22FN7O. The summed E-state index contributed by atoms with van der Waals surface area (Å²) < 4.78 is 19.8. The van der Waals surface area contributed by atoms with Crippen LogP contribution in [0.2, 0.25) is 0 Å². The molecule has 142 valence electrons. The van der Waals surface area contributed by atoms with Crippen LogP contribution in [0, 0.1) is 5.92 Å². The van der Waals surface area contributed by atoms with Crippen LogP contribution in [0.1, 0.15) is 13.3 Å². The van der Waals surface area contributed by atoms with Gasteiger partial charge in [0.05, 0.1) is 31.0 Å². The van der Waals surface area contributed by atoms with Gasteiger partial charge in [-0.15, -0.1) is 0 Å². The van der Waals surface area contributed by atoms with Crippen LogP contribution in [-0.2, 0) is 4.74 Å². The van der Waals surface area contributed by atoms with Crippen LogP contribution in [0.4, 0.5) is 22.1 Å². The second-order valence-corrected chi connectivity index (χ2v) is 7.64. The first kappa shape index (κ1) is 16.6. The third kappa shape index (κ3) is 2.95. The lowest BCUT2D eigenvalue weighted by atomic mass is 10.1. The third-order valence-electron chi connectivity index (χ3n) is 5.67. The number of nitrogens with zero attached hydrogens (tertiary/aromatic N) is 6. The quantitative estimate of drug-likeness (QED) is 0.863. The van der Waals surface area contributed by atoms with Crippen LogP contribution in [-0.4, -0.2) is 64.5 Å². The van der Waals surface area contributed by atoms with Crippen molar-refractivity contribution in [2.75, 3.05) is 41.8 Å². The van der Waals surface area contributed by atoms with E-state index in [0.29, 0.717) is 30.8 Å². The smallest absolute Gasteiger partial charge is 0.227 e. The summed E-state index contributed by atoms with van der Waals surface area (Å²) in [5.74, 6) is 1.58. The summed E-state index contributed by atoms with van der Waals surface area (Å²) in [7, 11) is 0. The molecule has 9 heteroatoms. The summed E-state index contributed by atoms with van der Waals surface area (Å²) in [6.45, 7) is 4.38. The van der Waals surface area contributed by atoms with Gasteiger partial charge in [-0.3, -0.25) is 0 Å². The maximum absolute atomic E-state index is 14.1. The van der Waals surface area contributed by atoms with Crippen LogP contribution in [0.3, 0.4) is 0 Å². The largest absolute Gasteiger partial charge is 0.374 e. The second kappa shape index (κ2) is 6.26. The number of hydrogen-bond acceptors (Lipinski definition) is 8. The van der Waals surface area contributed by atoms with Gasteiger partial charge < -0.3 is 20.3 Å². The molecule has 0 spiro atoms. The number of hydrogen-bond donors (Lipinski definition) is 1. The molecule has 3 fully saturated rings. The van der Waals surface area contributed by atoms with Gasteiger partial charge in [-0.25, -0.2) is 19.3 Å². The van der Waals surface area contributed by atoms with Crippen molar-refractivity contribution < 1.29 is 9.13 Å². The summed E-state index contributed by atoms with van der Waals surface area (Å²) in [4.78, 5) is 21.8. The number of ether oxygens (including phenoxy) is 1. The van der Waals surface area contributed by atoms with Crippen molar-refractivity contribution in [1.82, 2.24) is 19.9 Å². The molecule has 0 amide bonds. The Balaban J connectivity index is 1.55. The lowest BCUT2D eigenvalue weighted by Crippen LogP contribution is -2.38. The van der Waals surface area contributed by atoms with Gasteiger partial charge in [0.2, 0.25) is 11.9 Å². The van der Waals surface area contributed by atoms with Crippen LogP contribution >= 0.6 is 0 Å². The molecule has 3 saturated heterocycles. The van der Waals surface area contributed by atoms with E-state index in [1.165, 1.54) is 0 Å². The predicted molar refractivity (Wildman–Crippen MR) is 99.2 cm³/mol. The molecule has 2 N–H and O–H groups in total. The zero-order valence-electron chi connectivity index (χ0n) is 15.1. The number of anilines is 3. The van der Waals surface area contributed by atoms with Crippen LogP contribution in [0.25, 0.3) is 11.3 Å². The molecule has 2 aromatic rings. The Bertz CT molecular complexity index is 838. The Labute approximate surface area is 156 Å². The van der Waals surface area contributed by atoms with E-state index in [-0.39, 0.29) is 18.0 Å². The van der Waals surface area contributed by atoms with E-state index in [2.05, 4.69) is 19.9 Å². The van der Waals surface area contributed by atoms with Crippen LogP contribution in [0.15, 0.2) is 18.5 Å². The molecule has 0 radical (unpaired) electrons. The van der Waals surface area contributed by atoms with Crippen molar-refractivity contribution in [3.8, 4) is 11.3 Å². The maximum Gasteiger partial charge on any atom is 0.227 e. The summed E-state index contributed by atoms with van der Waals surface area (Å²) in [6.07, 6.45) is 3.73. The second-order valence-electron chi connectivity index (χ2n) is 7.64. The van der Waals surface area contributed by atoms with Gasteiger partial charge in [-0.2, -0.15) is 4.98 Å². The average Bonchev–Trinajstić information content (AvgIpc) is 3.39. The highest BCUT2D eigenvalue weighted by Gasteiger charge is 2.40. The highest BCUT2D eigenvalue weighted by Crippen LogP contribution is 2.34. The van der Waals surface area contributed by atoms with Crippen LogP contribution in [0.5, 0.6) is 0 Å². The van der Waals surface area contributed by atoms with E-state index < -0.39 is 6.17 Å². The van der Waals surface area contributed by atoms with Crippen molar-refractivity contribution >= 4 is 17.7 Å². The Kier molecular flexibility index (Phi) is 3.85. The number of nitrogens with two attached hydrogens (primary N) is 1. The Morgan fingerprint density at radius 3 is 2.63 bits per heavy atom. The zero-order chi connectivity index (χ0) is 18.5. The number of alkyl halides is 1. The van der Waals surface area contributed by atoms with Gasteiger partial charge >= 0.3 is 0 Å². The monoisotopic (exact) mass is 371 g/mol. The highest BCUT2D eigenvalue weighted by atomic mass is 19.1. The number of morpholine rings is 1. The molecule has 8 nitrogen and oxygen atoms in total. The van der Waals surface area contributed by atoms with Crippen molar-refractivity contribution in [3.63, 3.8) is 0 Å². The minimum absolute atomic E-state index is 0.0308. The van der Waals surface area contributed by atoms with E-state index in [1.807, 2.05) is 17.9 Å². The van der Waals surface area contributed by atoms with Crippen LogP contribution < -0.4 is 15.5 Å². The summed E-state index contributed by atoms with van der Waals surface area (Å²) in [5.41, 5.74) is 7.09. The number of nitrogen functional groups attached to an aromatic ring is 1. The molecule has 2 bridgehead atoms. The van der Waals surface area contributed by atoms with Crippen molar-refractivity contribution in [2.45, 2.75) is 31.7 Å². The van der Waals surface area contributed by atoms with Gasteiger partial charge in [-0.05, 0) is 6.42 Å². The Morgan fingerprint density at radius 1 is 1.19 bits per heavy atom. The fraction of sp³-hybridized carbons (Fsp3) is 0.556. The van der Waals surface area contributed by atoms with Gasteiger partial charge in [0.1, 0.15) is 12.0 Å². The fourth-order valence-electron chi connectivity index (χ4n) is 4.10. The SMILES string of the molecule is C[C@@H]1CN(c2nc(-c3cnc(N)nc3)cc(N3C[C@@H]4C[C@H]3CO4)n2)C[C@@H]1F. The van der Waals surface area contributed by atoms with Gasteiger partial charge in [-0.1, -0.05) is 6.92 Å². The molecule has 5 rings (SSSR count). The predicted octanol–water partition coefficient (Wildman–Crippen LogP) is 1.29. The van der Waals surface area contributed by atoms with Gasteiger partial charge in [0, 0.05) is 43.0 Å². The van der Waals surface area contributed by atoms with Gasteiger partial charge in [0.15, 0.2) is 0 Å². The summed E-state index contributed by atoms with van der Waals surface area (Å²) >= 11 is 0. The lowest BCUT2D eigenvalue weighted by Gasteiger charge is -2.29. The van der Waals surface area contributed by atoms with E-state index in [1.54, 1.807) is 12.4 Å². The number of fused-ring (bicyclic) bond motifs is 2. The molecule has 3 aliphatic heterocycles. The molecule has 5 heterocycles. The van der Waals surface area contributed by atoms with Crippen molar-refractivity contribution in [1.29, 1.82) is 0 Å². The summed E-state index contributed by atoms with van der Waals surface area (Å²) in [5, 5.41) is 0.